The lowest BCUT2D eigenvalue weighted by Crippen LogP contribution is -2.47. The van der Waals surface area contributed by atoms with Crippen molar-refractivity contribution in [1.29, 1.82) is 0 Å². The van der Waals surface area contributed by atoms with Crippen molar-refractivity contribution in [2.75, 3.05) is 32.1 Å². The number of methoxy groups -OCH3 is 1. The van der Waals surface area contributed by atoms with Crippen molar-refractivity contribution in [3.63, 3.8) is 0 Å². The number of Topliss-reactive ketones (excluding diaryl/α,β-unsaturated/α-hetero) is 1. The maximum atomic E-state index is 13.0. The molecule has 0 spiro atoms. The molecule has 0 aliphatic carbocycles. The predicted molar refractivity (Wildman–Crippen MR) is 114 cm³/mol. The van der Waals surface area contributed by atoms with E-state index in [0.717, 1.165) is 17.0 Å². The predicted octanol–water partition coefficient (Wildman–Crippen LogP) is 3.89. The first kappa shape index (κ1) is 19.6. The van der Waals surface area contributed by atoms with Crippen LogP contribution in [0.15, 0.2) is 41.4 Å². The number of piperidine rings is 1. The summed E-state index contributed by atoms with van der Waals surface area (Å²) < 4.78 is 5.12. The number of ether oxygens (including phenoxy) is 1. The van der Waals surface area contributed by atoms with Crippen molar-refractivity contribution in [1.82, 2.24) is 4.90 Å². The van der Waals surface area contributed by atoms with Gasteiger partial charge < -0.3 is 10.1 Å². The Bertz CT molecular complexity index is 1000. The van der Waals surface area contributed by atoms with Crippen molar-refractivity contribution in [3.8, 4) is 5.75 Å². The number of nitrogens with one attached hydrogen (secondary N) is 1. The molecular formula is C22H22ClN3O3. The summed E-state index contributed by atoms with van der Waals surface area (Å²) in [7, 11) is 1.60. The number of hydrogen-bond acceptors (Lipinski definition) is 5. The Hall–Kier alpha value is -2.70. The van der Waals surface area contributed by atoms with Crippen LogP contribution >= 0.6 is 11.6 Å². The summed E-state index contributed by atoms with van der Waals surface area (Å²) >= 11 is 6.19. The monoisotopic (exact) mass is 411 g/mol. The normalized spacial score (nSPS) is 18.5. The quantitative estimate of drug-likeness (QED) is 0.828. The van der Waals surface area contributed by atoms with E-state index < -0.39 is 0 Å². The Morgan fingerprint density at radius 2 is 2.03 bits per heavy atom. The molecule has 29 heavy (non-hydrogen) atoms. The number of likely N-dealkylation sites (tertiary alicyclic amines) is 1. The van der Waals surface area contributed by atoms with Crippen LogP contribution in [0.1, 0.15) is 22.3 Å². The third kappa shape index (κ3) is 3.91. The van der Waals surface area contributed by atoms with Crippen molar-refractivity contribution in [2.45, 2.75) is 13.3 Å². The van der Waals surface area contributed by atoms with E-state index in [-0.39, 0.29) is 24.2 Å². The molecule has 2 aliphatic rings. The van der Waals surface area contributed by atoms with Crippen LogP contribution in [0, 0.1) is 12.8 Å². The summed E-state index contributed by atoms with van der Waals surface area (Å²) in [6.45, 7) is 3.30. The first-order chi connectivity index (χ1) is 14.0. The van der Waals surface area contributed by atoms with Crippen molar-refractivity contribution >= 4 is 40.4 Å². The highest BCUT2D eigenvalue weighted by Gasteiger charge is 2.36. The summed E-state index contributed by atoms with van der Waals surface area (Å²) in [6, 6.07) is 10.7. The number of amides is 1. The third-order valence-electron chi connectivity index (χ3n) is 5.47. The van der Waals surface area contributed by atoms with Crippen LogP contribution in [0.25, 0.3) is 0 Å². The Morgan fingerprint density at radius 3 is 2.76 bits per heavy atom. The summed E-state index contributed by atoms with van der Waals surface area (Å²) in [6.07, 6.45) is 0.664. The molecule has 2 heterocycles. The van der Waals surface area contributed by atoms with Crippen LogP contribution in [0.2, 0.25) is 5.02 Å². The summed E-state index contributed by atoms with van der Waals surface area (Å²) in [4.78, 5) is 32.2. The Morgan fingerprint density at radius 1 is 1.28 bits per heavy atom. The van der Waals surface area contributed by atoms with Crippen molar-refractivity contribution in [2.24, 2.45) is 10.9 Å². The molecule has 0 radical (unpaired) electrons. The number of aliphatic imine (C=N–C) groups is 1. The number of rotatable bonds is 4. The molecule has 4 rings (SSSR count). The maximum absolute atomic E-state index is 13.0. The maximum Gasteiger partial charge on any atom is 0.238 e. The van der Waals surface area contributed by atoms with E-state index in [1.807, 2.05) is 11.8 Å². The second-order valence-corrected chi connectivity index (χ2v) is 7.76. The van der Waals surface area contributed by atoms with Crippen LogP contribution in [0.3, 0.4) is 0 Å². The van der Waals surface area contributed by atoms with Gasteiger partial charge >= 0.3 is 0 Å². The minimum absolute atomic E-state index is 0.0602. The number of nitrogens with zero attached hydrogens (tertiary/aromatic N) is 2. The van der Waals surface area contributed by atoms with Gasteiger partial charge in [-0.15, -0.1) is 0 Å². The van der Waals surface area contributed by atoms with Crippen LogP contribution in [0.5, 0.6) is 5.75 Å². The fraction of sp³-hybridized carbons (Fsp3) is 0.318. The molecule has 2 aromatic carbocycles. The van der Waals surface area contributed by atoms with Gasteiger partial charge in [0, 0.05) is 35.1 Å². The zero-order valence-corrected chi connectivity index (χ0v) is 17.1. The van der Waals surface area contributed by atoms with Gasteiger partial charge in [-0.3, -0.25) is 19.5 Å². The molecule has 2 aromatic rings. The largest absolute Gasteiger partial charge is 0.497 e. The number of benzene rings is 2. The molecule has 0 bridgehead atoms. The fourth-order valence-corrected chi connectivity index (χ4v) is 3.99. The molecule has 6 nitrogen and oxygen atoms in total. The molecular weight excluding hydrogens is 390 g/mol. The smallest absolute Gasteiger partial charge is 0.238 e. The second kappa shape index (κ2) is 7.97. The highest BCUT2D eigenvalue weighted by atomic mass is 35.5. The number of hydrogen-bond donors (Lipinski definition) is 1. The van der Waals surface area contributed by atoms with Crippen LogP contribution in [-0.4, -0.2) is 49.0 Å². The summed E-state index contributed by atoms with van der Waals surface area (Å²) in [5.74, 6) is 0.385. The molecule has 1 amide bonds. The van der Waals surface area contributed by atoms with E-state index in [1.165, 1.54) is 0 Å². The lowest BCUT2D eigenvalue weighted by Gasteiger charge is -2.35. The summed E-state index contributed by atoms with van der Waals surface area (Å²) in [5, 5.41) is 3.50. The van der Waals surface area contributed by atoms with Gasteiger partial charge in [0.1, 0.15) is 5.75 Å². The van der Waals surface area contributed by atoms with E-state index in [1.54, 1.807) is 43.5 Å². The standard InChI is InChI=1S/C22H22ClN3O3/c1-13-18(23)8-7-16-21(13)25-19-9-10-26(11-17(19)22(16)28)12-20(27)24-14-3-5-15(29-2)6-4-14/h3-8,17H,9-12H2,1-2H3,(H,24,27). The van der Waals surface area contributed by atoms with E-state index in [0.29, 0.717) is 41.5 Å². The number of anilines is 1. The Kier molecular flexibility index (Phi) is 5.39. The molecule has 2 aliphatic heterocycles. The molecule has 0 aromatic heterocycles. The van der Waals surface area contributed by atoms with E-state index >= 15 is 0 Å². The van der Waals surface area contributed by atoms with E-state index in [2.05, 4.69) is 5.32 Å². The van der Waals surface area contributed by atoms with Crippen LogP contribution < -0.4 is 10.1 Å². The number of carbonyl (C=O) groups is 2. The highest BCUT2D eigenvalue weighted by Crippen LogP contribution is 2.37. The second-order valence-electron chi connectivity index (χ2n) is 7.35. The summed E-state index contributed by atoms with van der Waals surface area (Å²) in [5.41, 5.74) is 3.75. The zero-order chi connectivity index (χ0) is 20.5. The molecule has 1 atom stereocenters. The van der Waals surface area contributed by atoms with Gasteiger partial charge in [-0.2, -0.15) is 0 Å². The number of halogens is 1. The lowest BCUT2D eigenvalue weighted by molar-refractivity contribution is -0.117. The number of carbonyl (C=O) groups excluding carboxylic acids is 2. The first-order valence-electron chi connectivity index (χ1n) is 9.53. The molecule has 1 N–H and O–H groups in total. The minimum atomic E-state index is -0.300. The third-order valence-corrected chi connectivity index (χ3v) is 5.88. The first-order valence-corrected chi connectivity index (χ1v) is 9.91. The molecule has 150 valence electrons. The number of ketones is 1. The number of fused-ring (bicyclic) bond motifs is 2. The van der Waals surface area contributed by atoms with Gasteiger partial charge in [0.15, 0.2) is 5.78 Å². The van der Waals surface area contributed by atoms with Gasteiger partial charge in [0.05, 0.1) is 25.3 Å². The Balaban J connectivity index is 1.43. The minimum Gasteiger partial charge on any atom is -0.497 e. The lowest BCUT2D eigenvalue weighted by atomic mass is 9.84. The molecule has 1 unspecified atom stereocenters. The molecule has 7 heteroatoms. The Labute approximate surface area is 174 Å². The van der Waals surface area contributed by atoms with Crippen molar-refractivity contribution < 1.29 is 14.3 Å². The van der Waals surface area contributed by atoms with Gasteiger partial charge in [0.25, 0.3) is 0 Å². The van der Waals surface area contributed by atoms with Crippen molar-refractivity contribution in [3.05, 3.63) is 52.5 Å². The molecule has 0 saturated carbocycles. The van der Waals surface area contributed by atoms with Gasteiger partial charge in [-0.05, 0) is 55.3 Å². The van der Waals surface area contributed by atoms with E-state index in [9.17, 15) is 9.59 Å². The average Bonchev–Trinajstić information content (AvgIpc) is 2.72. The average molecular weight is 412 g/mol. The topological polar surface area (TPSA) is 71.0 Å². The van der Waals surface area contributed by atoms with Gasteiger partial charge in [-0.25, -0.2) is 0 Å². The highest BCUT2D eigenvalue weighted by molar-refractivity contribution is 6.32. The van der Waals surface area contributed by atoms with Gasteiger partial charge in [-0.1, -0.05) is 11.6 Å². The zero-order valence-electron chi connectivity index (χ0n) is 16.4. The van der Waals surface area contributed by atoms with Gasteiger partial charge in [0.2, 0.25) is 5.91 Å². The van der Waals surface area contributed by atoms with Crippen LogP contribution in [0.4, 0.5) is 11.4 Å². The molecule has 1 fully saturated rings. The SMILES string of the molecule is COc1ccc(NC(=O)CN2CCC3=Nc4c(ccc(Cl)c4C)C(=O)C3C2)cc1. The fourth-order valence-electron chi connectivity index (χ4n) is 3.84. The van der Waals surface area contributed by atoms with Crippen LogP contribution in [-0.2, 0) is 4.79 Å². The molecule has 1 saturated heterocycles. The van der Waals surface area contributed by atoms with E-state index in [4.69, 9.17) is 21.3 Å².